The van der Waals surface area contributed by atoms with Crippen LogP contribution in [-0.4, -0.2) is 32.1 Å². The predicted molar refractivity (Wildman–Crippen MR) is 134 cm³/mol. The Morgan fingerprint density at radius 1 is 1.00 bits per heavy atom. The minimum atomic E-state index is -0.461. The van der Waals surface area contributed by atoms with Gasteiger partial charge < -0.3 is 19.1 Å². The summed E-state index contributed by atoms with van der Waals surface area (Å²) in [5, 5.41) is 0. The van der Waals surface area contributed by atoms with Gasteiger partial charge in [0, 0.05) is 24.7 Å². The van der Waals surface area contributed by atoms with Crippen molar-refractivity contribution >= 4 is 23.2 Å². The number of carbonyl (C=O) groups is 2. The molecule has 35 heavy (non-hydrogen) atoms. The van der Waals surface area contributed by atoms with E-state index in [-0.39, 0.29) is 18.2 Å². The van der Waals surface area contributed by atoms with Crippen LogP contribution >= 0.6 is 0 Å². The topological polar surface area (TPSA) is 89.1 Å². The first-order valence-corrected chi connectivity index (χ1v) is 11.5. The molecule has 182 valence electrons. The third-order valence-electron chi connectivity index (χ3n) is 5.69. The molecule has 8 nitrogen and oxygen atoms in total. The first-order valence-electron chi connectivity index (χ1n) is 11.5. The molecular weight excluding hydrogens is 446 g/mol. The van der Waals surface area contributed by atoms with Gasteiger partial charge in [-0.05, 0) is 48.9 Å². The Morgan fingerprint density at radius 3 is 2.49 bits per heavy atom. The highest BCUT2D eigenvalue weighted by molar-refractivity contribution is 6.00. The number of benzene rings is 3. The number of rotatable bonds is 10. The van der Waals surface area contributed by atoms with Crippen molar-refractivity contribution in [3.05, 3.63) is 78.4 Å². The Morgan fingerprint density at radius 2 is 1.77 bits per heavy atom. The van der Waals surface area contributed by atoms with Crippen LogP contribution in [0.5, 0.6) is 17.2 Å². The van der Waals surface area contributed by atoms with Gasteiger partial charge in [-0.2, -0.15) is 0 Å². The molecule has 1 aliphatic rings. The smallest absolute Gasteiger partial charge is 0.243 e. The average molecular weight is 476 g/mol. The van der Waals surface area contributed by atoms with E-state index < -0.39 is 5.92 Å². The lowest BCUT2D eigenvalue weighted by Gasteiger charge is -2.18. The molecule has 4 rings (SSSR count). The van der Waals surface area contributed by atoms with Crippen LogP contribution in [0.2, 0.25) is 0 Å². The zero-order valence-corrected chi connectivity index (χ0v) is 19.8. The first kappa shape index (κ1) is 23.9. The highest BCUT2D eigenvalue weighted by Crippen LogP contribution is 2.31. The second-order valence-electron chi connectivity index (χ2n) is 8.09. The number of methoxy groups -OCH3 is 1. The number of nitrogens with zero attached hydrogens (tertiary/aromatic N) is 1. The maximum Gasteiger partial charge on any atom is 0.243 e. The summed E-state index contributed by atoms with van der Waals surface area (Å²) in [4.78, 5) is 26.9. The van der Waals surface area contributed by atoms with E-state index in [1.54, 1.807) is 30.2 Å². The monoisotopic (exact) mass is 475 g/mol. The minimum absolute atomic E-state index is 0.0871. The molecule has 0 unspecified atom stereocenters. The van der Waals surface area contributed by atoms with E-state index in [1.165, 1.54) is 0 Å². The SMILES string of the molecule is CCOc1ccc(N2C[C@H](C(=O)NNc3ccc(OCc4ccccc4)c(OC)c3)CC2=O)cc1. The van der Waals surface area contributed by atoms with Crippen LogP contribution in [0, 0.1) is 5.92 Å². The third kappa shape index (κ3) is 6.03. The summed E-state index contributed by atoms with van der Waals surface area (Å²) < 4.78 is 16.8. The number of ether oxygens (including phenoxy) is 3. The Hall–Kier alpha value is -4.20. The Balaban J connectivity index is 1.32. The minimum Gasteiger partial charge on any atom is -0.494 e. The number of hydrazine groups is 1. The van der Waals surface area contributed by atoms with Crippen LogP contribution in [-0.2, 0) is 16.2 Å². The summed E-state index contributed by atoms with van der Waals surface area (Å²) in [6.07, 6.45) is 0.149. The molecule has 2 amide bonds. The molecule has 0 aromatic heterocycles. The van der Waals surface area contributed by atoms with E-state index in [9.17, 15) is 9.59 Å². The second kappa shape index (κ2) is 11.3. The summed E-state index contributed by atoms with van der Waals surface area (Å²) in [7, 11) is 1.56. The predicted octanol–water partition coefficient (Wildman–Crippen LogP) is 4.17. The molecule has 1 atom stereocenters. The molecule has 3 aromatic rings. The maximum atomic E-state index is 12.7. The molecule has 2 N–H and O–H groups in total. The summed E-state index contributed by atoms with van der Waals surface area (Å²) in [5.74, 6) is 1.08. The standard InChI is InChI=1S/C27H29N3O5/c1-3-34-23-12-10-22(11-13-23)30-17-20(15-26(30)31)27(32)29-28-21-9-14-24(25(16-21)33-2)35-18-19-7-5-4-6-8-19/h4-14,16,20,28H,3,15,17-18H2,1-2H3,(H,29,32)/t20-/m1/s1. The largest absolute Gasteiger partial charge is 0.494 e. The normalized spacial score (nSPS) is 15.0. The van der Waals surface area contributed by atoms with Crippen LogP contribution < -0.4 is 30.0 Å². The number of hydrogen-bond donors (Lipinski definition) is 2. The first-order chi connectivity index (χ1) is 17.1. The Labute approximate surface area is 204 Å². The molecule has 1 aliphatic heterocycles. The molecule has 1 fully saturated rings. The van der Waals surface area contributed by atoms with Crippen LogP contribution in [0.3, 0.4) is 0 Å². The lowest BCUT2D eigenvalue weighted by Crippen LogP contribution is -2.36. The molecule has 1 heterocycles. The molecule has 0 radical (unpaired) electrons. The van der Waals surface area contributed by atoms with Crippen molar-refractivity contribution in [2.24, 2.45) is 5.92 Å². The summed E-state index contributed by atoms with van der Waals surface area (Å²) in [6.45, 7) is 3.23. The number of nitrogens with one attached hydrogen (secondary N) is 2. The van der Waals surface area contributed by atoms with Gasteiger partial charge in [0.2, 0.25) is 11.8 Å². The number of carbonyl (C=O) groups excluding carboxylic acids is 2. The third-order valence-corrected chi connectivity index (χ3v) is 5.69. The number of amides is 2. The van der Waals surface area contributed by atoms with E-state index >= 15 is 0 Å². The summed E-state index contributed by atoms with van der Waals surface area (Å²) >= 11 is 0. The molecule has 3 aromatic carbocycles. The van der Waals surface area contributed by atoms with Gasteiger partial charge >= 0.3 is 0 Å². The van der Waals surface area contributed by atoms with Gasteiger partial charge in [-0.25, -0.2) is 0 Å². The zero-order valence-electron chi connectivity index (χ0n) is 19.8. The lowest BCUT2D eigenvalue weighted by molar-refractivity contribution is -0.125. The molecule has 8 heteroatoms. The van der Waals surface area contributed by atoms with E-state index in [0.29, 0.717) is 36.9 Å². The number of anilines is 2. The van der Waals surface area contributed by atoms with Crippen molar-refractivity contribution in [2.75, 3.05) is 30.6 Å². The van der Waals surface area contributed by atoms with Gasteiger partial charge in [0.25, 0.3) is 0 Å². The van der Waals surface area contributed by atoms with Crippen LogP contribution in [0.15, 0.2) is 72.8 Å². The summed E-state index contributed by atoms with van der Waals surface area (Å²) in [5.41, 5.74) is 8.04. The van der Waals surface area contributed by atoms with Crippen molar-refractivity contribution in [3.63, 3.8) is 0 Å². The average Bonchev–Trinajstić information content (AvgIpc) is 3.29. The zero-order chi connectivity index (χ0) is 24.6. The highest BCUT2D eigenvalue weighted by atomic mass is 16.5. The maximum absolute atomic E-state index is 12.7. The lowest BCUT2D eigenvalue weighted by atomic mass is 10.1. The second-order valence-corrected chi connectivity index (χ2v) is 8.09. The molecule has 0 saturated carbocycles. The quantitative estimate of drug-likeness (QED) is 0.428. The Kier molecular flexibility index (Phi) is 7.72. The van der Waals surface area contributed by atoms with Crippen molar-refractivity contribution < 1.29 is 23.8 Å². The van der Waals surface area contributed by atoms with Gasteiger partial charge in [-0.3, -0.25) is 20.4 Å². The molecule has 0 spiro atoms. The molecule has 0 bridgehead atoms. The van der Waals surface area contributed by atoms with Crippen molar-refractivity contribution in [1.82, 2.24) is 5.43 Å². The van der Waals surface area contributed by atoms with E-state index in [0.717, 1.165) is 17.0 Å². The highest BCUT2D eigenvalue weighted by Gasteiger charge is 2.35. The fraction of sp³-hybridized carbons (Fsp3) is 0.259. The molecule has 0 aliphatic carbocycles. The van der Waals surface area contributed by atoms with Crippen molar-refractivity contribution in [2.45, 2.75) is 20.0 Å². The molecular formula is C27H29N3O5. The fourth-order valence-corrected chi connectivity index (χ4v) is 3.86. The van der Waals surface area contributed by atoms with Gasteiger partial charge in [-0.1, -0.05) is 30.3 Å². The summed E-state index contributed by atoms with van der Waals surface area (Å²) in [6, 6.07) is 22.5. The van der Waals surface area contributed by atoms with Crippen molar-refractivity contribution in [1.29, 1.82) is 0 Å². The molecule has 1 saturated heterocycles. The van der Waals surface area contributed by atoms with Crippen molar-refractivity contribution in [3.8, 4) is 17.2 Å². The number of hydrogen-bond acceptors (Lipinski definition) is 6. The van der Waals surface area contributed by atoms with Gasteiger partial charge in [-0.15, -0.1) is 0 Å². The van der Waals surface area contributed by atoms with Gasteiger partial charge in [0.1, 0.15) is 12.4 Å². The van der Waals surface area contributed by atoms with Gasteiger partial charge in [0.15, 0.2) is 11.5 Å². The van der Waals surface area contributed by atoms with E-state index in [4.69, 9.17) is 14.2 Å². The van der Waals surface area contributed by atoms with E-state index in [2.05, 4.69) is 10.9 Å². The van der Waals surface area contributed by atoms with Gasteiger partial charge in [0.05, 0.1) is 25.3 Å². The van der Waals surface area contributed by atoms with E-state index in [1.807, 2.05) is 61.5 Å². The van der Waals surface area contributed by atoms with Crippen LogP contribution in [0.25, 0.3) is 0 Å². The van der Waals surface area contributed by atoms with Crippen LogP contribution in [0.4, 0.5) is 11.4 Å². The van der Waals surface area contributed by atoms with Crippen LogP contribution in [0.1, 0.15) is 18.9 Å². The fourth-order valence-electron chi connectivity index (χ4n) is 3.86. The Bertz CT molecular complexity index is 1150.